The second-order valence-electron chi connectivity index (χ2n) is 1.14. The molecule has 1 rings (SSSR count). The molecule has 0 unspecified atom stereocenters. The molecule has 0 fully saturated rings. The minimum Gasteiger partial charge on any atom is -0.365 e. The molecule has 0 bridgehead atoms. The van der Waals surface area contributed by atoms with E-state index in [1.54, 1.807) is 0 Å². The van der Waals surface area contributed by atoms with Gasteiger partial charge in [-0.05, 0) is 0 Å². The summed E-state index contributed by atoms with van der Waals surface area (Å²) in [6.45, 7) is 0. The summed E-state index contributed by atoms with van der Waals surface area (Å²) in [4.78, 5) is 0. The molecule has 8 heavy (non-hydrogen) atoms. The van der Waals surface area contributed by atoms with Gasteiger partial charge in [0.25, 0.3) is 0 Å². The Hall–Kier alpha value is -0.700. The topological polar surface area (TPSA) is 15.3 Å². The lowest BCUT2D eigenvalue weighted by molar-refractivity contribution is 0.155. The molecule has 0 saturated carbocycles. The van der Waals surface area contributed by atoms with Crippen LogP contribution in [0.3, 0.4) is 0 Å². The Labute approximate surface area is 53.0 Å². The predicted molar refractivity (Wildman–Crippen MR) is 31.6 cm³/mol. The van der Waals surface area contributed by atoms with Crippen LogP contribution in [-0.2, 0) is 0 Å². The molecule has 0 saturated heterocycles. The van der Waals surface area contributed by atoms with E-state index < -0.39 is 0 Å². The third-order valence-electron chi connectivity index (χ3n) is 0.626. The van der Waals surface area contributed by atoms with Crippen LogP contribution in [0.15, 0.2) is 24.8 Å². The first-order valence-electron chi connectivity index (χ1n) is 1.93. The summed E-state index contributed by atoms with van der Waals surface area (Å²) < 4.78 is 11.8. The summed E-state index contributed by atoms with van der Waals surface area (Å²) in [5.41, 5.74) is 0. The van der Waals surface area contributed by atoms with E-state index in [9.17, 15) is 4.48 Å². The second-order valence-corrected chi connectivity index (χ2v) is 1.14. The molecule has 0 radical (unpaired) electrons. The quantitative estimate of drug-likeness (QED) is 0.503. The van der Waals surface area contributed by atoms with Crippen LogP contribution in [0.2, 0.25) is 0 Å². The van der Waals surface area contributed by atoms with Crippen molar-refractivity contribution in [3.63, 3.8) is 0 Å². The number of rotatable bonds is 0. The van der Waals surface area contributed by atoms with Crippen molar-refractivity contribution in [3.05, 3.63) is 24.8 Å². The van der Waals surface area contributed by atoms with E-state index in [-0.39, 0.29) is 12.4 Å². The summed E-state index contributed by atoms with van der Waals surface area (Å²) in [6, 6.07) is 0. The van der Waals surface area contributed by atoms with Crippen LogP contribution in [-0.4, -0.2) is 5.12 Å². The lowest BCUT2D eigenvalue weighted by Gasteiger charge is -2.03. The third-order valence-corrected chi connectivity index (χ3v) is 0.626. The van der Waals surface area contributed by atoms with Gasteiger partial charge in [-0.25, -0.2) is 0 Å². The van der Waals surface area contributed by atoms with Gasteiger partial charge < -0.3 is 5.32 Å². The van der Waals surface area contributed by atoms with Gasteiger partial charge in [0.15, 0.2) is 0 Å². The lowest BCUT2D eigenvalue weighted by atomic mass is 10.7. The van der Waals surface area contributed by atoms with Crippen LogP contribution < -0.4 is 5.32 Å². The second kappa shape index (κ2) is 3.32. The highest BCUT2D eigenvalue weighted by Gasteiger charge is 1.87. The fourth-order valence-corrected chi connectivity index (χ4v) is 0.334. The molecule has 0 aliphatic carbocycles. The predicted octanol–water partition coefficient (Wildman–Crippen LogP) is 1.14. The maximum atomic E-state index is 11.8. The molecule has 0 aromatic heterocycles. The van der Waals surface area contributed by atoms with Gasteiger partial charge in [-0.3, -0.25) is 0 Å². The van der Waals surface area contributed by atoms with Gasteiger partial charge in [0.05, 0.1) is 12.4 Å². The van der Waals surface area contributed by atoms with Gasteiger partial charge in [-0.2, -0.15) is 5.12 Å². The molecule has 0 spiro atoms. The van der Waals surface area contributed by atoms with Crippen molar-refractivity contribution in [2.24, 2.45) is 0 Å². The minimum atomic E-state index is 0. The molecular formula is C4H6ClFN2. The molecule has 0 aromatic carbocycles. The Morgan fingerprint density at radius 3 is 2.00 bits per heavy atom. The van der Waals surface area contributed by atoms with E-state index in [0.29, 0.717) is 5.12 Å². The van der Waals surface area contributed by atoms with Gasteiger partial charge >= 0.3 is 0 Å². The molecule has 0 atom stereocenters. The van der Waals surface area contributed by atoms with Gasteiger partial charge in [0.2, 0.25) is 0 Å². The van der Waals surface area contributed by atoms with E-state index in [4.69, 9.17) is 0 Å². The number of halogens is 2. The van der Waals surface area contributed by atoms with E-state index in [1.165, 1.54) is 24.8 Å². The van der Waals surface area contributed by atoms with Crippen molar-refractivity contribution in [2.75, 3.05) is 0 Å². The summed E-state index contributed by atoms with van der Waals surface area (Å²) in [5, 5.41) is 3.14. The van der Waals surface area contributed by atoms with Gasteiger partial charge in [-0.15, -0.1) is 12.4 Å². The first kappa shape index (κ1) is 7.30. The molecule has 1 aliphatic rings. The third kappa shape index (κ3) is 1.84. The van der Waals surface area contributed by atoms with Crippen molar-refractivity contribution >= 4 is 12.4 Å². The van der Waals surface area contributed by atoms with E-state index >= 15 is 0 Å². The van der Waals surface area contributed by atoms with Crippen molar-refractivity contribution in [2.45, 2.75) is 0 Å². The summed E-state index contributed by atoms with van der Waals surface area (Å²) in [7, 11) is 0. The fourth-order valence-electron chi connectivity index (χ4n) is 0.334. The highest BCUT2D eigenvalue weighted by molar-refractivity contribution is 5.85. The highest BCUT2D eigenvalue weighted by atomic mass is 35.5. The van der Waals surface area contributed by atoms with Crippen LogP contribution >= 0.6 is 12.4 Å². The SMILES string of the molecule is Cl.FN1C=CNC=C1. The van der Waals surface area contributed by atoms with Crippen molar-refractivity contribution < 1.29 is 4.48 Å². The molecule has 1 heterocycles. The molecular weight excluding hydrogens is 131 g/mol. The zero-order chi connectivity index (χ0) is 5.11. The smallest absolute Gasteiger partial charge is 0.0539 e. The maximum Gasteiger partial charge on any atom is 0.0539 e. The largest absolute Gasteiger partial charge is 0.365 e. The van der Waals surface area contributed by atoms with Gasteiger partial charge in [-0.1, -0.05) is 4.48 Å². The maximum absolute atomic E-state index is 11.8. The van der Waals surface area contributed by atoms with Crippen LogP contribution in [0, 0.1) is 0 Å². The fraction of sp³-hybridized carbons (Fsp3) is 0. The lowest BCUT2D eigenvalue weighted by Crippen LogP contribution is -2.05. The molecule has 2 nitrogen and oxygen atoms in total. The summed E-state index contributed by atoms with van der Waals surface area (Å²) in [5.74, 6) is 0. The van der Waals surface area contributed by atoms with E-state index in [0.717, 1.165) is 0 Å². The summed E-state index contributed by atoms with van der Waals surface area (Å²) in [6.07, 6.45) is 5.56. The normalized spacial score (nSPS) is 14.9. The highest BCUT2D eigenvalue weighted by Crippen LogP contribution is 1.93. The zero-order valence-electron chi connectivity index (χ0n) is 4.04. The Kier molecular flexibility index (Phi) is 3.03. The van der Waals surface area contributed by atoms with Gasteiger partial charge in [0, 0.05) is 12.4 Å². The Morgan fingerprint density at radius 2 is 1.75 bits per heavy atom. The minimum absolute atomic E-state index is 0. The van der Waals surface area contributed by atoms with Gasteiger partial charge in [0.1, 0.15) is 0 Å². The monoisotopic (exact) mass is 136 g/mol. The first-order chi connectivity index (χ1) is 3.39. The standard InChI is InChI=1S/C4H5FN2.ClH/c5-7-3-1-6-2-4-7;/h1-4,6H;1H. The number of hydrogen-bond acceptors (Lipinski definition) is 2. The average Bonchev–Trinajstić information content (AvgIpc) is 1.69. The Bertz CT molecular complexity index is 101. The molecule has 46 valence electrons. The summed E-state index contributed by atoms with van der Waals surface area (Å²) >= 11 is 0. The van der Waals surface area contributed by atoms with E-state index in [1.807, 2.05) is 0 Å². The van der Waals surface area contributed by atoms with Crippen LogP contribution in [0.1, 0.15) is 0 Å². The number of nitrogens with zero attached hydrogens (tertiary/aromatic N) is 1. The number of nitrogens with one attached hydrogen (secondary N) is 1. The average molecular weight is 137 g/mol. The van der Waals surface area contributed by atoms with Crippen molar-refractivity contribution in [1.29, 1.82) is 0 Å². The molecule has 4 heteroatoms. The molecule has 0 amide bonds. The van der Waals surface area contributed by atoms with E-state index in [2.05, 4.69) is 5.32 Å². The zero-order valence-corrected chi connectivity index (χ0v) is 4.86. The van der Waals surface area contributed by atoms with Crippen LogP contribution in [0.25, 0.3) is 0 Å². The Balaban J connectivity index is 0.000000490. The molecule has 1 N–H and O–H groups in total. The number of hydrogen-bond donors (Lipinski definition) is 1. The molecule has 1 aliphatic heterocycles. The Morgan fingerprint density at radius 1 is 1.25 bits per heavy atom. The van der Waals surface area contributed by atoms with Crippen LogP contribution in [0.5, 0.6) is 0 Å². The van der Waals surface area contributed by atoms with Crippen LogP contribution in [0.4, 0.5) is 4.48 Å². The molecule has 0 aromatic rings. The van der Waals surface area contributed by atoms with Crippen molar-refractivity contribution in [1.82, 2.24) is 10.4 Å². The van der Waals surface area contributed by atoms with Crippen molar-refractivity contribution in [3.8, 4) is 0 Å². The first-order valence-corrected chi connectivity index (χ1v) is 1.93.